The number of hydrogen-bond donors (Lipinski definition) is 1. The van der Waals surface area contributed by atoms with Crippen molar-refractivity contribution in [3.05, 3.63) is 54.1 Å². The number of nitrogens with one attached hydrogen (secondary N) is 1. The van der Waals surface area contributed by atoms with Gasteiger partial charge in [-0.05, 0) is 43.0 Å². The number of carbonyl (C=O) groups excluding carboxylic acids is 1. The summed E-state index contributed by atoms with van der Waals surface area (Å²) in [6, 6.07) is 17.4. The number of carbonyl (C=O) groups is 1. The van der Waals surface area contributed by atoms with Crippen molar-refractivity contribution in [2.45, 2.75) is 31.3 Å². The van der Waals surface area contributed by atoms with E-state index in [1.165, 1.54) is 16.9 Å². The minimum Gasteiger partial charge on any atom is -0.497 e. The van der Waals surface area contributed by atoms with Crippen molar-refractivity contribution in [2.24, 2.45) is 5.92 Å². The summed E-state index contributed by atoms with van der Waals surface area (Å²) in [6.45, 7) is 2.73. The second kappa shape index (κ2) is 7.04. The van der Waals surface area contributed by atoms with Gasteiger partial charge in [0.1, 0.15) is 5.75 Å². The molecule has 1 saturated heterocycles. The summed E-state index contributed by atoms with van der Waals surface area (Å²) in [5, 5.41) is 3.26. The number of rotatable bonds is 4. The van der Waals surface area contributed by atoms with E-state index >= 15 is 0 Å². The van der Waals surface area contributed by atoms with E-state index in [0.717, 1.165) is 44.6 Å². The van der Waals surface area contributed by atoms with Crippen molar-refractivity contribution in [3.63, 3.8) is 0 Å². The first-order valence-electron chi connectivity index (χ1n) is 10.3. The van der Waals surface area contributed by atoms with E-state index in [2.05, 4.69) is 57.6 Å². The number of amides is 1. The molecule has 28 heavy (non-hydrogen) atoms. The van der Waals surface area contributed by atoms with Gasteiger partial charge in [-0.15, -0.1) is 0 Å². The van der Waals surface area contributed by atoms with Gasteiger partial charge in [-0.25, -0.2) is 0 Å². The fraction of sp³-hybridized carbons (Fsp3) is 0.435. The molecular weight excluding hydrogens is 350 g/mol. The van der Waals surface area contributed by atoms with Crippen LogP contribution in [0.15, 0.2) is 48.5 Å². The lowest BCUT2D eigenvalue weighted by molar-refractivity contribution is -0.126. The van der Waals surface area contributed by atoms with Gasteiger partial charge < -0.3 is 19.9 Å². The molecule has 5 nitrogen and oxygen atoms in total. The van der Waals surface area contributed by atoms with Crippen molar-refractivity contribution >= 4 is 17.3 Å². The summed E-state index contributed by atoms with van der Waals surface area (Å²) in [5.41, 5.74) is 3.72. The molecule has 146 valence electrons. The highest BCUT2D eigenvalue weighted by Crippen LogP contribution is 2.39. The van der Waals surface area contributed by atoms with Crippen LogP contribution in [0.5, 0.6) is 5.75 Å². The van der Waals surface area contributed by atoms with Gasteiger partial charge in [0.15, 0.2) is 0 Å². The molecule has 0 radical (unpaired) electrons. The SMILES string of the molecule is COc1ccc2c(c1)N1CCN(c3ccccc3)C[C@@H]1[C@H](C(=O)NC1CC1)C2. The van der Waals surface area contributed by atoms with E-state index in [1.54, 1.807) is 7.11 Å². The van der Waals surface area contributed by atoms with Crippen LogP contribution in [0.2, 0.25) is 0 Å². The van der Waals surface area contributed by atoms with Crippen molar-refractivity contribution in [2.75, 3.05) is 36.5 Å². The van der Waals surface area contributed by atoms with Crippen molar-refractivity contribution in [3.8, 4) is 5.75 Å². The molecule has 2 atom stereocenters. The van der Waals surface area contributed by atoms with Crippen LogP contribution in [0.4, 0.5) is 11.4 Å². The van der Waals surface area contributed by atoms with Crippen molar-refractivity contribution in [1.29, 1.82) is 0 Å². The second-order valence-electron chi connectivity index (χ2n) is 8.13. The van der Waals surface area contributed by atoms with Gasteiger partial charge in [0.2, 0.25) is 5.91 Å². The fourth-order valence-electron chi connectivity index (χ4n) is 4.61. The standard InChI is InChI=1S/C23H27N3O2/c1-28-19-10-7-16-13-20(23(27)24-17-8-9-17)22-15-25(18-5-3-2-4-6-18)11-12-26(22)21(16)14-19/h2-7,10,14,17,20,22H,8-9,11-13,15H2,1H3,(H,24,27)/t20-,22-/m1/s1. The molecule has 2 aromatic carbocycles. The van der Waals surface area contributed by atoms with Gasteiger partial charge in [0.05, 0.1) is 19.1 Å². The molecule has 0 unspecified atom stereocenters. The predicted molar refractivity (Wildman–Crippen MR) is 111 cm³/mol. The van der Waals surface area contributed by atoms with E-state index in [0.29, 0.717) is 6.04 Å². The number of ether oxygens (including phenoxy) is 1. The molecular formula is C23H27N3O2. The number of anilines is 2. The number of nitrogens with zero attached hydrogens (tertiary/aromatic N) is 2. The van der Waals surface area contributed by atoms with Gasteiger partial charge in [-0.2, -0.15) is 0 Å². The van der Waals surface area contributed by atoms with E-state index < -0.39 is 0 Å². The van der Waals surface area contributed by atoms with Crippen LogP contribution in [-0.4, -0.2) is 44.7 Å². The third kappa shape index (κ3) is 3.19. The molecule has 1 N–H and O–H groups in total. The number of benzene rings is 2. The van der Waals surface area contributed by atoms with Crippen LogP contribution < -0.4 is 19.9 Å². The Morgan fingerprint density at radius 2 is 1.93 bits per heavy atom. The average Bonchev–Trinajstić information content (AvgIpc) is 3.57. The molecule has 3 aliphatic rings. The number of hydrogen-bond acceptors (Lipinski definition) is 4. The molecule has 1 aliphatic carbocycles. The smallest absolute Gasteiger partial charge is 0.225 e. The van der Waals surface area contributed by atoms with Crippen molar-refractivity contribution in [1.82, 2.24) is 5.32 Å². The van der Waals surface area contributed by atoms with E-state index in [4.69, 9.17) is 4.74 Å². The quantitative estimate of drug-likeness (QED) is 0.890. The molecule has 0 bridgehead atoms. The average molecular weight is 377 g/mol. The first-order valence-corrected chi connectivity index (χ1v) is 10.3. The third-order valence-corrected chi connectivity index (χ3v) is 6.31. The Morgan fingerprint density at radius 3 is 2.68 bits per heavy atom. The topological polar surface area (TPSA) is 44.8 Å². The van der Waals surface area contributed by atoms with Gasteiger partial charge in [0.25, 0.3) is 0 Å². The zero-order valence-electron chi connectivity index (χ0n) is 16.3. The van der Waals surface area contributed by atoms with Crippen LogP contribution in [0, 0.1) is 5.92 Å². The van der Waals surface area contributed by atoms with Gasteiger partial charge in [-0.3, -0.25) is 4.79 Å². The zero-order chi connectivity index (χ0) is 19.1. The minimum absolute atomic E-state index is 0.0204. The fourth-order valence-corrected chi connectivity index (χ4v) is 4.61. The summed E-state index contributed by atoms with van der Waals surface area (Å²) < 4.78 is 5.47. The summed E-state index contributed by atoms with van der Waals surface area (Å²) in [5.74, 6) is 1.07. The summed E-state index contributed by atoms with van der Waals surface area (Å²) in [7, 11) is 1.71. The van der Waals surface area contributed by atoms with E-state index in [9.17, 15) is 4.79 Å². The van der Waals surface area contributed by atoms with Gasteiger partial charge in [0, 0.05) is 43.1 Å². The summed E-state index contributed by atoms with van der Waals surface area (Å²) in [4.78, 5) is 18.0. The number of methoxy groups -OCH3 is 1. The van der Waals surface area contributed by atoms with Crippen LogP contribution in [-0.2, 0) is 11.2 Å². The number of fused-ring (bicyclic) bond motifs is 3. The largest absolute Gasteiger partial charge is 0.497 e. The maximum Gasteiger partial charge on any atom is 0.225 e. The van der Waals surface area contributed by atoms with Crippen LogP contribution >= 0.6 is 0 Å². The Bertz CT molecular complexity index is 865. The number of para-hydroxylation sites is 1. The van der Waals surface area contributed by atoms with E-state index in [-0.39, 0.29) is 17.9 Å². The maximum atomic E-state index is 13.1. The Balaban J connectivity index is 1.47. The van der Waals surface area contributed by atoms with Crippen LogP contribution in [0.3, 0.4) is 0 Å². The van der Waals surface area contributed by atoms with Crippen LogP contribution in [0.25, 0.3) is 0 Å². The highest BCUT2D eigenvalue weighted by molar-refractivity contribution is 5.83. The molecule has 2 aromatic rings. The highest BCUT2D eigenvalue weighted by atomic mass is 16.5. The Morgan fingerprint density at radius 1 is 1.11 bits per heavy atom. The Labute approximate surface area is 166 Å². The minimum atomic E-state index is -0.0204. The Kier molecular flexibility index (Phi) is 4.38. The predicted octanol–water partition coefficient (Wildman–Crippen LogP) is 2.84. The number of piperazine rings is 1. The lowest BCUT2D eigenvalue weighted by Gasteiger charge is -2.49. The molecule has 2 aliphatic heterocycles. The first-order chi connectivity index (χ1) is 13.7. The second-order valence-corrected chi connectivity index (χ2v) is 8.13. The van der Waals surface area contributed by atoms with Gasteiger partial charge in [-0.1, -0.05) is 24.3 Å². The normalized spacial score (nSPS) is 23.6. The van der Waals surface area contributed by atoms with Crippen molar-refractivity contribution < 1.29 is 9.53 Å². The Hall–Kier alpha value is -2.69. The molecule has 0 aromatic heterocycles. The van der Waals surface area contributed by atoms with Crippen LogP contribution in [0.1, 0.15) is 18.4 Å². The highest BCUT2D eigenvalue weighted by Gasteiger charge is 2.42. The summed E-state index contributed by atoms with van der Waals surface area (Å²) >= 11 is 0. The lowest BCUT2D eigenvalue weighted by Crippen LogP contribution is -2.61. The first kappa shape index (κ1) is 17.4. The molecule has 2 heterocycles. The molecule has 5 rings (SSSR count). The molecule has 1 saturated carbocycles. The van der Waals surface area contributed by atoms with E-state index in [1.807, 2.05) is 6.07 Å². The molecule has 0 spiro atoms. The zero-order valence-corrected chi connectivity index (χ0v) is 16.3. The maximum absolute atomic E-state index is 13.1. The monoisotopic (exact) mass is 377 g/mol. The molecule has 2 fully saturated rings. The molecule has 5 heteroatoms. The molecule has 1 amide bonds. The third-order valence-electron chi connectivity index (χ3n) is 6.31. The van der Waals surface area contributed by atoms with Gasteiger partial charge >= 0.3 is 0 Å². The lowest BCUT2D eigenvalue weighted by atomic mass is 9.83. The summed E-state index contributed by atoms with van der Waals surface area (Å²) in [6.07, 6.45) is 3.04.